The molecule has 1 aromatic carbocycles. The average molecular weight is 319 g/mol. The fraction of sp³-hybridized carbons (Fsp3) is 0.267. The van der Waals surface area contributed by atoms with Gasteiger partial charge in [0.05, 0.1) is 18.7 Å². The Morgan fingerprint density at radius 1 is 1.30 bits per heavy atom. The van der Waals surface area contributed by atoms with Crippen molar-refractivity contribution in [1.82, 2.24) is 10.6 Å². The Balaban J connectivity index is 2.46. The number of primary amides is 1. The number of urea groups is 1. The van der Waals surface area contributed by atoms with Crippen LogP contribution < -0.4 is 21.1 Å². The molecule has 0 spiro atoms. The average Bonchev–Trinajstić information content (AvgIpc) is 2.51. The molecule has 4 N–H and O–H groups in total. The van der Waals surface area contributed by atoms with Crippen LogP contribution in [0.5, 0.6) is 5.75 Å². The van der Waals surface area contributed by atoms with E-state index in [1.54, 1.807) is 31.2 Å². The summed E-state index contributed by atoms with van der Waals surface area (Å²) in [7, 11) is 1.26. The Morgan fingerprint density at radius 2 is 2.00 bits per heavy atom. The van der Waals surface area contributed by atoms with Crippen molar-refractivity contribution in [3.8, 4) is 5.75 Å². The third-order valence-corrected chi connectivity index (χ3v) is 3.27. The molecule has 8 nitrogen and oxygen atoms in total. The van der Waals surface area contributed by atoms with Gasteiger partial charge in [0.2, 0.25) is 0 Å². The van der Waals surface area contributed by atoms with Gasteiger partial charge in [0.15, 0.2) is 6.61 Å². The number of hydrogen-bond donors (Lipinski definition) is 3. The molecule has 0 unspecified atom stereocenters. The van der Waals surface area contributed by atoms with Gasteiger partial charge in [0.25, 0.3) is 5.91 Å². The lowest BCUT2D eigenvalue weighted by Crippen LogP contribution is -2.45. The van der Waals surface area contributed by atoms with E-state index in [1.165, 1.54) is 7.11 Å². The molecule has 1 heterocycles. The molecular formula is C15H17N3O5. The fourth-order valence-electron chi connectivity index (χ4n) is 2.31. The van der Waals surface area contributed by atoms with Crippen molar-refractivity contribution in [3.05, 3.63) is 41.1 Å². The fourth-order valence-corrected chi connectivity index (χ4v) is 2.31. The number of carbonyl (C=O) groups is 3. The van der Waals surface area contributed by atoms with E-state index in [2.05, 4.69) is 10.6 Å². The zero-order valence-corrected chi connectivity index (χ0v) is 12.7. The second-order valence-corrected chi connectivity index (χ2v) is 4.85. The first kappa shape index (κ1) is 16.3. The highest BCUT2D eigenvalue weighted by molar-refractivity contribution is 5.95. The van der Waals surface area contributed by atoms with Gasteiger partial charge in [-0.3, -0.25) is 4.79 Å². The summed E-state index contributed by atoms with van der Waals surface area (Å²) in [5.41, 5.74) is 6.24. The van der Waals surface area contributed by atoms with Gasteiger partial charge in [-0.2, -0.15) is 0 Å². The number of ether oxygens (including phenoxy) is 2. The van der Waals surface area contributed by atoms with E-state index in [4.69, 9.17) is 15.2 Å². The lowest BCUT2D eigenvalue weighted by molar-refractivity contribution is -0.136. The van der Waals surface area contributed by atoms with Crippen molar-refractivity contribution in [3.63, 3.8) is 0 Å². The molecule has 122 valence electrons. The second-order valence-electron chi connectivity index (χ2n) is 4.85. The maximum Gasteiger partial charge on any atom is 0.337 e. The van der Waals surface area contributed by atoms with E-state index in [-0.39, 0.29) is 12.2 Å². The minimum absolute atomic E-state index is 0.252. The molecule has 0 fully saturated rings. The van der Waals surface area contributed by atoms with E-state index < -0.39 is 23.9 Å². The number of esters is 1. The zero-order valence-electron chi connectivity index (χ0n) is 12.7. The molecule has 3 amide bonds. The molecule has 0 saturated carbocycles. The van der Waals surface area contributed by atoms with Crippen LogP contribution in [0.4, 0.5) is 4.79 Å². The number of para-hydroxylation sites is 1. The van der Waals surface area contributed by atoms with Crippen LogP contribution in [0.2, 0.25) is 0 Å². The molecule has 1 atom stereocenters. The number of allylic oxidation sites excluding steroid dienone is 1. The molecular weight excluding hydrogens is 302 g/mol. The minimum atomic E-state index is -0.764. The van der Waals surface area contributed by atoms with Crippen LogP contribution in [-0.2, 0) is 14.3 Å². The number of benzene rings is 1. The quantitative estimate of drug-likeness (QED) is 0.677. The predicted molar refractivity (Wildman–Crippen MR) is 80.3 cm³/mol. The van der Waals surface area contributed by atoms with Gasteiger partial charge in [-0.15, -0.1) is 0 Å². The number of carbonyl (C=O) groups excluding carboxylic acids is 3. The van der Waals surface area contributed by atoms with Gasteiger partial charge in [0, 0.05) is 11.3 Å². The van der Waals surface area contributed by atoms with E-state index >= 15 is 0 Å². The van der Waals surface area contributed by atoms with E-state index in [1.807, 2.05) is 0 Å². The molecule has 0 aromatic heterocycles. The SMILES string of the molecule is COC(=O)C1=C(C)NC(=O)N[C@@H]1c1ccccc1OCC(N)=O. The van der Waals surface area contributed by atoms with Gasteiger partial charge < -0.3 is 25.8 Å². The number of amides is 3. The van der Waals surface area contributed by atoms with Gasteiger partial charge in [-0.1, -0.05) is 18.2 Å². The summed E-state index contributed by atoms with van der Waals surface area (Å²) in [6.45, 7) is 1.29. The van der Waals surface area contributed by atoms with Gasteiger partial charge in [-0.05, 0) is 13.0 Å². The third kappa shape index (κ3) is 3.60. The summed E-state index contributed by atoms with van der Waals surface area (Å²) >= 11 is 0. The molecule has 1 aliphatic heterocycles. The summed E-state index contributed by atoms with van der Waals surface area (Å²) < 4.78 is 10.1. The van der Waals surface area contributed by atoms with Crippen LogP contribution in [-0.4, -0.2) is 31.6 Å². The normalized spacial score (nSPS) is 17.1. The first-order chi connectivity index (χ1) is 10.9. The Labute approximate surface area is 132 Å². The highest BCUT2D eigenvalue weighted by atomic mass is 16.5. The standard InChI is InChI=1S/C15H17N3O5/c1-8-12(14(20)22-2)13(18-15(21)17-8)9-5-3-4-6-10(9)23-7-11(16)19/h3-6,13H,7H2,1-2H3,(H2,16,19)(H2,17,18,21)/t13-/m1/s1. The van der Waals surface area contributed by atoms with Crippen molar-refractivity contribution in [1.29, 1.82) is 0 Å². The van der Waals surface area contributed by atoms with Crippen LogP contribution >= 0.6 is 0 Å². The van der Waals surface area contributed by atoms with E-state index in [9.17, 15) is 14.4 Å². The van der Waals surface area contributed by atoms with Crippen LogP contribution in [0, 0.1) is 0 Å². The van der Waals surface area contributed by atoms with Crippen molar-refractivity contribution in [2.75, 3.05) is 13.7 Å². The van der Waals surface area contributed by atoms with Crippen LogP contribution in [0.3, 0.4) is 0 Å². The Kier molecular flexibility index (Phi) is 4.85. The second kappa shape index (κ2) is 6.82. The van der Waals surface area contributed by atoms with Crippen molar-refractivity contribution in [2.45, 2.75) is 13.0 Å². The smallest absolute Gasteiger partial charge is 0.337 e. The number of methoxy groups -OCH3 is 1. The Bertz CT molecular complexity index is 683. The highest BCUT2D eigenvalue weighted by Crippen LogP contribution is 2.33. The minimum Gasteiger partial charge on any atom is -0.483 e. The van der Waals surface area contributed by atoms with Gasteiger partial charge in [-0.25, -0.2) is 9.59 Å². The predicted octanol–water partition coefficient (Wildman–Crippen LogP) is 0.352. The lowest BCUT2D eigenvalue weighted by atomic mass is 9.95. The monoisotopic (exact) mass is 319 g/mol. The third-order valence-electron chi connectivity index (χ3n) is 3.27. The molecule has 1 aromatic rings. The van der Waals surface area contributed by atoms with E-state index in [0.29, 0.717) is 17.0 Å². The number of rotatable bonds is 5. The van der Waals surface area contributed by atoms with Gasteiger partial charge >= 0.3 is 12.0 Å². The lowest BCUT2D eigenvalue weighted by Gasteiger charge is -2.28. The van der Waals surface area contributed by atoms with Gasteiger partial charge in [0.1, 0.15) is 5.75 Å². The number of nitrogens with two attached hydrogens (primary N) is 1. The largest absolute Gasteiger partial charge is 0.483 e. The van der Waals surface area contributed by atoms with Crippen LogP contribution in [0.1, 0.15) is 18.5 Å². The zero-order chi connectivity index (χ0) is 17.0. The van der Waals surface area contributed by atoms with Crippen LogP contribution in [0.25, 0.3) is 0 Å². The molecule has 0 saturated heterocycles. The van der Waals surface area contributed by atoms with E-state index in [0.717, 1.165) is 0 Å². The summed E-state index contributed by atoms with van der Waals surface area (Å²) in [4.78, 5) is 34.7. The molecule has 2 rings (SSSR count). The maximum absolute atomic E-state index is 12.1. The molecule has 23 heavy (non-hydrogen) atoms. The highest BCUT2D eigenvalue weighted by Gasteiger charge is 2.33. The number of nitrogens with one attached hydrogen (secondary N) is 2. The topological polar surface area (TPSA) is 120 Å². The molecule has 8 heteroatoms. The maximum atomic E-state index is 12.1. The summed E-state index contributed by atoms with van der Waals surface area (Å²) in [6.07, 6.45) is 0. The first-order valence-corrected chi connectivity index (χ1v) is 6.80. The summed E-state index contributed by atoms with van der Waals surface area (Å²) in [5.74, 6) is -0.869. The molecule has 0 bridgehead atoms. The first-order valence-electron chi connectivity index (χ1n) is 6.80. The van der Waals surface area contributed by atoms with Crippen LogP contribution in [0.15, 0.2) is 35.5 Å². The summed E-state index contributed by atoms with van der Waals surface area (Å²) in [5, 5.41) is 5.18. The number of hydrogen-bond acceptors (Lipinski definition) is 5. The Hall–Kier alpha value is -3.03. The molecule has 1 aliphatic rings. The summed E-state index contributed by atoms with van der Waals surface area (Å²) in [6, 6.07) is 5.52. The van der Waals surface area contributed by atoms with Crippen molar-refractivity contribution in [2.24, 2.45) is 5.73 Å². The van der Waals surface area contributed by atoms with Crippen molar-refractivity contribution < 1.29 is 23.9 Å². The Morgan fingerprint density at radius 3 is 2.65 bits per heavy atom. The molecule has 0 aliphatic carbocycles. The molecule has 0 radical (unpaired) electrons. The van der Waals surface area contributed by atoms with Crippen molar-refractivity contribution >= 4 is 17.9 Å².